The van der Waals surface area contributed by atoms with E-state index in [0.29, 0.717) is 11.4 Å². The number of amides is 2. The van der Waals surface area contributed by atoms with Crippen molar-refractivity contribution in [1.82, 2.24) is 4.98 Å². The molecule has 4 atom stereocenters. The largest absolute Gasteiger partial charge is 0.545 e. The van der Waals surface area contributed by atoms with Crippen LogP contribution in [-0.4, -0.2) is 22.8 Å². The van der Waals surface area contributed by atoms with Crippen LogP contribution in [0, 0.1) is 23.7 Å². The SMILES string of the molecule is O=C([O-])c1ccc(CSc2nc3ccc(N4C(=O)[C@@H]5[C@@H](C4=O)[C@H]4C=C[C@@H]5C4)cc3s2)cc1. The fraction of sp³-hybridized carbons (Fsp3) is 0.250. The molecule has 6 nitrogen and oxygen atoms in total. The average molecular weight is 462 g/mol. The Morgan fingerprint density at radius 1 is 1.06 bits per heavy atom. The summed E-state index contributed by atoms with van der Waals surface area (Å²) in [6, 6.07) is 12.2. The van der Waals surface area contributed by atoms with Crippen molar-refractivity contribution in [1.29, 1.82) is 0 Å². The smallest absolute Gasteiger partial charge is 0.238 e. The van der Waals surface area contributed by atoms with E-state index in [1.54, 1.807) is 30.0 Å². The maximum atomic E-state index is 13.1. The quantitative estimate of drug-likeness (QED) is 0.329. The fourth-order valence-corrected chi connectivity index (χ4v) is 7.19. The molecule has 6 rings (SSSR count). The van der Waals surface area contributed by atoms with Crippen molar-refractivity contribution in [2.24, 2.45) is 23.7 Å². The number of carbonyl (C=O) groups is 3. The number of thiazole rings is 1. The number of benzene rings is 2. The van der Waals surface area contributed by atoms with Crippen LogP contribution in [-0.2, 0) is 15.3 Å². The molecule has 3 aliphatic rings. The maximum absolute atomic E-state index is 13.1. The van der Waals surface area contributed by atoms with Crippen molar-refractivity contribution in [3.05, 3.63) is 65.7 Å². The van der Waals surface area contributed by atoms with E-state index in [0.717, 1.165) is 26.5 Å². The Hall–Kier alpha value is -2.97. The van der Waals surface area contributed by atoms with Crippen LogP contribution in [0.3, 0.4) is 0 Å². The molecule has 1 aliphatic heterocycles. The lowest BCUT2D eigenvalue weighted by Crippen LogP contribution is -2.32. The zero-order valence-electron chi connectivity index (χ0n) is 16.8. The molecule has 2 amide bonds. The Bertz CT molecular complexity index is 1280. The molecule has 0 N–H and O–H groups in total. The monoisotopic (exact) mass is 461 g/mol. The molecule has 0 unspecified atom stereocenters. The first-order valence-corrected chi connectivity index (χ1v) is 12.2. The van der Waals surface area contributed by atoms with Gasteiger partial charge in [-0.25, -0.2) is 9.88 Å². The zero-order chi connectivity index (χ0) is 22.0. The molecular weight excluding hydrogens is 444 g/mol. The van der Waals surface area contributed by atoms with Gasteiger partial charge in [-0.3, -0.25) is 9.59 Å². The van der Waals surface area contributed by atoms with E-state index >= 15 is 0 Å². The van der Waals surface area contributed by atoms with Crippen LogP contribution in [0.25, 0.3) is 10.2 Å². The number of nitrogens with zero attached hydrogens (tertiary/aromatic N) is 2. The summed E-state index contributed by atoms with van der Waals surface area (Å²) in [7, 11) is 0. The van der Waals surface area contributed by atoms with E-state index in [9.17, 15) is 19.5 Å². The zero-order valence-corrected chi connectivity index (χ0v) is 18.4. The van der Waals surface area contributed by atoms with Crippen LogP contribution in [0.5, 0.6) is 0 Å². The van der Waals surface area contributed by atoms with Crippen LogP contribution >= 0.6 is 23.1 Å². The lowest BCUT2D eigenvalue weighted by molar-refractivity contribution is -0.255. The predicted molar refractivity (Wildman–Crippen MR) is 120 cm³/mol. The normalized spacial score (nSPS) is 25.8. The molecular formula is C24H17N2O4S2-. The van der Waals surface area contributed by atoms with Crippen LogP contribution in [0.1, 0.15) is 22.3 Å². The van der Waals surface area contributed by atoms with E-state index in [2.05, 4.69) is 17.1 Å². The maximum Gasteiger partial charge on any atom is 0.238 e. The molecule has 32 heavy (non-hydrogen) atoms. The van der Waals surface area contributed by atoms with Gasteiger partial charge in [-0.05, 0) is 47.6 Å². The molecule has 2 heterocycles. The van der Waals surface area contributed by atoms with Crippen molar-refractivity contribution < 1.29 is 19.5 Å². The topological polar surface area (TPSA) is 90.4 Å². The van der Waals surface area contributed by atoms with Gasteiger partial charge < -0.3 is 9.90 Å². The number of aromatic carboxylic acids is 1. The van der Waals surface area contributed by atoms with E-state index in [4.69, 9.17) is 0 Å². The molecule has 2 aromatic carbocycles. The number of fused-ring (bicyclic) bond motifs is 6. The molecule has 3 aromatic rings. The summed E-state index contributed by atoms with van der Waals surface area (Å²) in [5.74, 6) is -0.695. The Balaban J connectivity index is 1.21. The molecule has 0 spiro atoms. The van der Waals surface area contributed by atoms with Gasteiger partial charge in [-0.2, -0.15) is 0 Å². The fourth-order valence-electron chi connectivity index (χ4n) is 5.13. The van der Waals surface area contributed by atoms with Gasteiger partial charge in [0, 0.05) is 5.75 Å². The second kappa shape index (κ2) is 7.28. The number of hydrogen-bond donors (Lipinski definition) is 0. The van der Waals surface area contributed by atoms with Gasteiger partial charge in [-0.15, -0.1) is 11.3 Å². The number of allylic oxidation sites excluding steroid dienone is 2. The molecule has 1 saturated heterocycles. The Morgan fingerprint density at radius 2 is 1.75 bits per heavy atom. The number of carboxylic acid groups (broad SMARTS) is 1. The van der Waals surface area contributed by atoms with Gasteiger partial charge in [0.15, 0.2) is 4.34 Å². The lowest BCUT2D eigenvalue weighted by atomic mass is 9.85. The van der Waals surface area contributed by atoms with E-state index in [1.165, 1.54) is 28.4 Å². The highest BCUT2D eigenvalue weighted by Crippen LogP contribution is 2.53. The summed E-state index contributed by atoms with van der Waals surface area (Å²) >= 11 is 3.08. The number of thioether (sulfide) groups is 1. The summed E-state index contributed by atoms with van der Waals surface area (Å²) < 4.78 is 1.80. The number of rotatable bonds is 5. The lowest BCUT2D eigenvalue weighted by Gasteiger charge is -2.17. The molecule has 160 valence electrons. The molecule has 2 fully saturated rings. The van der Waals surface area contributed by atoms with E-state index in [1.807, 2.05) is 12.1 Å². The predicted octanol–water partition coefficient (Wildman–Crippen LogP) is 3.26. The van der Waals surface area contributed by atoms with Crippen LogP contribution < -0.4 is 10.0 Å². The van der Waals surface area contributed by atoms with Crippen LogP contribution in [0.2, 0.25) is 0 Å². The second-order valence-electron chi connectivity index (χ2n) is 8.42. The number of imide groups is 1. The van der Waals surface area contributed by atoms with Crippen molar-refractivity contribution >= 4 is 56.8 Å². The highest BCUT2D eigenvalue weighted by Gasteiger charge is 2.59. The van der Waals surface area contributed by atoms with E-state index < -0.39 is 5.97 Å². The summed E-state index contributed by atoms with van der Waals surface area (Å²) in [6.07, 6.45) is 5.12. The van der Waals surface area contributed by atoms with Crippen molar-refractivity contribution in [3.63, 3.8) is 0 Å². The number of anilines is 1. The highest BCUT2D eigenvalue weighted by atomic mass is 32.2. The molecule has 0 radical (unpaired) electrons. The Labute approximate surface area is 191 Å². The minimum absolute atomic E-state index is 0.0738. The molecule has 2 bridgehead atoms. The average Bonchev–Trinajstić information content (AvgIpc) is 3.55. The van der Waals surface area contributed by atoms with Gasteiger partial charge in [0.1, 0.15) is 0 Å². The van der Waals surface area contributed by atoms with Gasteiger partial charge >= 0.3 is 0 Å². The number of aromatic nitrogens is 1. The summed E-state index contributed by atoms with van der Waals surface area (Å²) in [4.78, 5) is 43.0. The van der Waals surface area contributed by atoms with Crippen LogP contribution in [0.15, 0.2) is 59.0 Å². The first-order valence-electron chi connectivity index (χ1n) is 10.4. The third-order valence-electron chi connectivity index (χ3n) is 6.63. The molecule has 2 aliphatic carbocycles. The summed E-state index contributed by atoms with van der Waals surface area (Å²) in [5.41, 5.74) is 2.60. The second-order valence-corrected chi connectivity index (χ2v) is 10.7. The number of carbonyl (C=O) groups excluding carboxylic acids is 3. The molecule has 1 saturated carbocycles. The third kappa shape index (κ3) is 3.01. The Morgan fingerprint density at radius 3 is 2.41 bits per heavy atom. The first-order chi connectivity index (χ1) is 15.5. The van der Waals surface area contributed by atoms with Gasteiger partial charge in [-0.1, -0.05) is 48.2 Å². The van der Waals surface area contributed by atoms with Crippen LogP contribution in [0.4, 0.5) is 5.69 Å². The summed E-state index contributed by atoms with van der Waals surface area (Å²) in [6.45, 7) is 0. The number of carboxylic acids is 1. The minimum atomic E-state index is -1.19. The van der Waals surface area contributed by atoms with Gasteiger partial charge in [0.05, 0.1) is 33.7 Å². The Kier molecular flexibility index (Phi) is 4.48. The van der Waals surface area contributed by atoms with Gasteiger partial charge in [0.2, 0.25) is 11.8 Å². The van der Waals surface area contributed by atoms with Crippen molar-refractivity contribution in [2.75, 3.05) is 4.90 Å². The van der Waals surface area contributed by atoms with Crippen molar-refractivity contribution in [3.8, 4) is 0 Å². The molecule has 8 heteroatoms. The minimum Gasteiger partial charge on any atom is -0.545 e. The van der Waals surface area contributed by atoms with E-state index in [-0.39, 0.29) is 41.0 Å². The summed E-state index contributed by atoms with van der Waals surface area (Å²) in [5, 5.41) is 10.9. The molecule has 1 aromatic heterocycles. The third-order valence-corrected chi connectivity index (χ3v) is 8.87. The van der Waals surface area contributed by atoms with Gasteiger partial charge in [0.25, 0.3) is 0 Å². The number of hydrogen-bond acceptors (Lipinski definition) is 7. The first kappa shape index (κ1) is 19.7. The highest BCUT2D eigenvalue weighted by molar-refractivity contribution is 8.00. The standard InChI is InChI=1S/C24H18N2O4S2/c27-21-19-14-5-6-15(9-14)20(19)22(28)26(21)16-7-8-17-18(10-16)32-24(25-17)31-11-12-1-3-13(4-2-12)23(29)30/h1-8,10,14-15,19-20H,9,11H2,(H,29,30)/p-1/t14-,15+,19-,20-/m0/s1. The van der Waals surface area contributed by atoms with Crippen molar-refractivity contribution in [2.45, 2.75) is 16.5 Å².